The van der Waals surface area contributed by atoms with Crippen molar-refractivity contribution in [3.05, 3.63) is 92.9 Å². The SMILES string of the molecule is COc1cc(C2C3=CCC4C(=O)N(c5ccc(C)c(Cl)c5)C(=O)C4C3CC3C(=O)N(c4ccccc4)C(=O)C32C)cc(Br)c1O. The van der Waals surface area contributed by atoms with Crippen molar-refractivity contribution in [2.75, 3.05) is 16.9 Å². The van der Waals surface area contributed by atoms with Gasteiger partial charge < -0.3 is 9.84 Å². The molecule has 2 aliphatic carbocycles. The van der Waals surface area contributed by atoms with Crippen LogP contribution in [0.5, 0.6) is 11.5 Å². The summed E-state index contributed by atoms with van der Waals surface area (Å²) < 4.78 is 5.85. The zero-order valence-electron chi connectivity index (χ0n) is 24.8. The molecule has 3 fully saturated rings. The molecule has 6 atom stereocenters. The van der Waals surface area contributed by atoms with Gasteiger partial charge in [-0.15, -0.1) is 0 Å². The average molecular weight is 690 g/mol. The number of ether oxygens (including phenoxy) is 1. The molecule has 1 saturated carbocycles. The Morgan fingerprint density at radius 2 is 1.67 bits per heavy atom. The van der Waals surface area contributed by atoms with Crippen molar-refractivity contribution in [1.82, 2.24) is 0 Å². The fraction of sp³-hybridized carbons (Fsp3) is 0.314. The minimum atomic E-state index is -1.21. The summed E-state index contributed by atoms with van der Waals surface area (Å²) in [5, 5.41) is 11.1. The first-order valence-electron chi connectivity index (χ1n) is 14.8. The number of nitrogens with zero attached hydrogens (tertiary/aromatic N) is 2. The Morgan fingerprint density at radius 3 is 2.36 bits per heavy atom. The number of aryl methyl sites for hydroxylation is 1. The number of rotatable bonds is 4. The monoisotopic (exact) mass is 688 g/mol. The van der Waals surface area contributed by atoms with Crippen molar-refractivity contribution in [2.45, 2.75) is 32.6 Å². The van der Waals surface area contributed by atoms with Crippen LogP contribution in [0.3, 0.4) is 0 Å². The van der Waals surface area contributed by atoms with E-state index in [2.05, 4.69) is 15.9 Å². The van der Waals surface area contributed by atoms with E-state index in [1.807, 2.05) is 26.0 Å². The van der Waals surface area contributed by atoms with E-state index in [0.717, 1.165) is 11.1 Å². The Kier molecular flexibility index (Phi) is 6.98. The minimum absolute atomic E-state index is 0.0864. The highest BCUT2D eigenvalue weighted by molar-refractivity contribution is 9.10. The Labute approximate surface area is 273 Å². The number of benzene rings is 3. The van der Waals surface area contributed by atoms with Crippen LogP contribution in [0.2, 0.25) is 5.02 Å². The number of allylic oxidation sites excluding steroid dienone is 2. The average Bonchev–Trinajstić information content (AvgIpc) is 3.39. The quantitative estimate of drug-likeness (QED) is 0.246. The van der Waals surface area contributed by atoms with Crippen LogP contribution in [-0.4, -0.2) is 35.8 Å². The van der Waals surface area contributed by atoms with Crippen LogP contribution in [0, 0.1) is 36.0 Å². The Hall–Kier alpha value is -3.95. The summed E-state index contributed by atoms with van der Waals surface area (Å²) in [6.45, 7) is 3.67. The number of anilines is 2. The van der Waals surface area contributed by atoms with E-state index in [1.54, 1.807) is 54.6 Å². The third kappa shape index (κ3) is 4.16. The largest absolute Gasteiger partial charge is 0.503 e. The number of fused-ring (bicyclic) bond motifs is 4. The van der Waals surface area contributed by atoms with Crippen LogP contribution in [0.1, 0.15) is 36.8 Å². The second-order valence-corrected chi connectivity index (χ2v) is 13.8. The number of imide groups is 2. The molecule has 6 unspecified atom stereocenters. The van der Waals surface area contributed by atoms with Gasteiger partial charge in [-0.05, 0) is 96.1 Å². The summed E-state index contributed by atoms with van der Waals surface area (Å²) in [6.07, 6.45) is 2.55. The fourth-order valence-electron chi connectivity index (χ4n) is 8.11. The number of phenols is 1. The van der Waals surface area contributed by atoms with E-state index in [4.69, 9.17) is 16.3 Å². The van der Waals surface area contributed by atoms with Gasteiger partial charge in [-0.3, -0.25) is 19.2 Å². The lowest BCUT2D eigenvalue weighted by molar-refractivity contribution is -0.131. The van der Waals surface area contributed by atoms with Crippen molar-refractivity contribution in [3.8, 4) is 11.5 Å². The molecular weight excluding hydrogens is 660 g/mol. The van der Waals surface area contributed by atoms with Crippen molar-refractivity contribution in [3.63, 3.8) is 0 Å². The highest BCUT2D eigenvalue weighted by Gasteiger charge is 2.67. The third-order valence-electron chi connectivity index (χ3n) is 10.3. The number of para-hydroxylation sites is 1. The number of aromatic hydroxyl groups is 1. The van der Waals surface area contributed by atoms with E-state index in [0.29, 0.717) is 32.9 Å². The van der Waals surface area contributed by atoms with Gasteiger partial charge >= 0.3 is 0 Å². The molecule has 0 bridgehead atoms. The van der Waals surface area contributed by atoms with Gasteiger partial charge in [0.2, 0.25) is 23.6 Å². The lowest BCUT2D eigenvalue weighted by Crippen LogP contribution is -2.48. The predicted octanol–water partition coefficient (Wildman–Crippen LogP) is 6.56. The zero-order valence-corrected chi connectivity index (χ0v) is 27.1. The molecule has 2 heterocycles. The number of methoxy groups -OCH3 is 1. The van der Waals surface area contributed by atoms with E-state index in [1.165, 1.54) is 16.9 Å². The molecule has 8 nitrogen and oxygen atoms in total. The number of carbonyl (C=O) groups is 4. The van der Waals surface area contributed by atoms with Crippen molar-refractivity contribution in [1.29, 1.82) is 0 Å². The van der Waals surface area contributed by atoms with Crippen LogP contribution in [0.15, 0.2) is 76.8 Å². The maximum Gasteiger partial charge on any atom is 0.241 e. The molecule has 230 valence electrons. The molecule has 0 spiro atoms. The standard InChI is InChI=1S/C35H30BrClN2O6/c1-17-9-10-20(15-26(17)37)38-31(41)22-12-11-21-23(28(22)33(38)43)16-24-32(42)39(19-7-5-4-6-8-19)34(44)35(24,2)29(21)18-13-25(36)30(40)27(14-18)45-3/h4-11,13-15,22-24,28-29,40H,12,16H2,1-3H3. The van der Waals surface area contributed by atoms with Crippen LogP contribution < -0.4 is 14.5 Å². The molecule has 45 heavy (non-hydrogen) atoms. The van der Waals surface area contributed by atoms with Gasteiger partial charge in [-0.1, -0.05) is 47.5 Å². The summed E-state index contributed by atoms with van der Waals surface area (Å²) in [5.41, 5.74) is 2.03. The predicted molar refractivity (Wildman–Crippen MR) is 172 cm³/mol. The Morgan fingerprint density at radius 1 is 0.933 bits per heavy atom. The highest BCUT2D eigenvalue weighted by atomic mass is 79.9. The second-order valence-electron chi connectivity index (χ2n) is 12.5. The molecule has 7 rings (SSSR count). The maximum absolute atomic E-state index is 14.5. The summed E-state index contributed by atoms with van der Waals surface area (Å²) in [6, 6.07) is 17.4. The minimum Gasteiger partial charge on any atom is -0.503 e. The van der Waals surface area contributed by atoms with E-state index in [9.17, 15) is 24.3 Å². The second kappa shape index (κ2) is 10.6. The molecule has 2 aliphatic heterocycles. The Bertz CT molecular complexity index is 1840. The highest BCUT2D eigenvalue weighted by Crippen LogP contribution is 2.64. The molecule has 1 N–H and O–H groups in total. The third-order valence-corrected chi connectivity index (χ3v) is 11.3. The maximum atomic E-state index is 14.5. The summed E-state index contributed by atoms with van der Waals surface area (Å²) in [4.78, 5) is 59.4. The number of amides is 4. The van der Waals surface area contributed by atoms with Gasteiger partial charge in [0.15, 0.2) is 11.5 Å². The molecule has 4 amide bonds. The molecule has 0 aromatic heterocycles. The Balaban J connectivity index is 1.39. The summed E-state index contributed by atoms with van der Waals surface area (Å²) in [5.74, 6) is -4.34. The van der Waals surface area contributed by atoms with Crippen molar-refractivity contribution < 1.29 is 29.0 Å². The van der Waals surface area contributed by atoms with Gasteiger partial charge in [0, 0.05) is 10.9 Å². The van der Waals surface area contributed by atoms with E-state index in [-0.39, 0.29) is 41.5 Å². The molecule has 3 aromatic carbocycles. The van der Waals surface area contributed by atoms with Crippen LogP contribution in [-0.2, 0) is 19.2 Å². The summed E-state index contributed by atoms with van der Waals surface area (Å²) >= 11 is 9.83. The summed E-state index contributed by atoms with van der Waals surface area (Å²) in [7, 11) is 1.44. The molecule has 4 aliphatic rings. The molecule has 0 radical (unpaired) electrons. The van der Waals surface area contributed by atoms with Gasteiger partial charge in [0.1, 0.15) is 0 Å². The number of phenolic OH excluding ortho intramolecular Hbond substituents is 1. The fourth-order valence-corrected chi connectivity index (χ4v) is 8.74. The smallest absolute Gasteiger partial charge is 0.241 e. The van der Waals surface area contributed by atoms with E-state index >= 15 is 0 Å². The number of hydrogen-bond donors (Lipinski definition) is 1. The normalized spacial score (nSPS) is 29.0. The van der Waals surface area contributed by atoms with Crippen LogP contribution in [0.4, 0.5) is 11.4 Å². The first-order chi connectivity index (χ1) is 21.5. The number of carbonyl (C=O) groups excluding carboxylic acids is 4. The van der Waals surface area contributed by atoms with Crippen LogP contribution >= 0.6 is 27.5 Å². The molecule has 10 heteroatoms. The van der Waals surface area contributed by atoms with Gasteiger partial charge in [0.25, 0.3) is 0 Å². The van der Waals surface area contributed by atoms with Crippen molar-refractivity contribution in [2.24, 2.45) is 29.1 Å². The molecule has 3 aromatic rings. The molecular formula is C35H30BrClN2O6. The van der Waals surface area contributed by atoms with Gasteiger partial charge in [0.05, 0.1) is 46.1 Å². The van der Waals surface area contributed by atoms with Gasteiger partial charge in [-0.25, -0.2) is 9.80 Å². The van der Waals surface area contributed by atoms with Crippen molar-refractivity contribution >= 4 is 62.5 Å². The lowest BCUT2D eigenvalue weighted by atomic mass is 9.51. The van der Waals surface area contributed by atoms with Gasteiger partial charge in [-0.2, -0.15) is 0 Å². The van der Waals surface area contributed by atoms with E-state index < -0.39 is 35.0 Å². The molecule has 2 saturated heterocycles. The topological polar surface area (TPSA) is 104 Å². The lowest BCUT2D eigenvalue weighted by Gasteiger charge is -2.49. The first kappa shape index (κ1) is 29.7. The number of hydrogen-bond acceptors (Lipinski definition) is 6. The zero-order chi connectivity index (χ0) is 31.9. The first-order valence-corrected chi connectivity index (χ1v) is 16.0. The number of halogens is 2. The van der Waals surface area contributed by atoms with Crippen LogP contribution in [0.25, 0.3) is 0 Å².